The van der Waals surface area contributed by atoms with Crippen LogP contribution in [0.1, 0.15) is 98.5 Å². The molecule has 0 aliphatic heterocycles. The number of ether oxygens (including phenoxy) is 2. The number of nitrogens with zero attached hydrogens (tertiary/aromatic N) is 5. The lowest BCUT2D eigenvalue weighted by Gasteiger charge is -2.44. The summed E-state index contributed by atoms with van der Waals surface area (Å²) < 4.78 is 14.2. The van der Waals surface area contributed by atoms with Crippen LogP contribution in [0.4, 0.5) is 0 Å². The van der Waals surface area contributed by atoms with Crippen LogP contribution in [0.3, 0.4) is 0 Å². The van der Waals surface area contributed by atoms with Crippen LogP contribution in [0, 0.1) is 11.8 Å². The van der Waals surface area contributed by atoms with Crippen molar-refractivity contribution in [3.05, 3.63) is 144 Å². The Labute approximate surface area is 364 Å². The molecule has 3 amide bonds. The Bertz CT molecular complexity index is 2100. The Hall–Kier alpha value is -5.63. The molecule has 0 unspecified atom stereocenters. The zero-order valence-corrected chi connectivity index (χ0v) is 35.5. The van der Waals surface area contributed by atoms with Crippen LogP contribution in [-0.4, -0.2) is 77.0 Å². The smallest absolute Gasteiger partial charge is 0.248 e. The van der Waals surface area contributed by atoms with E-state index in [-0.39, 0.29) is 50.7 Å². The molecule has 13 nitrogen and oxygen atoms in total. The van der Waals surface area contributed by atoms with Crippen molar-refractivity contribution >= 4 is 17.7 Å². The fourth-order valence-electron chi connectivity index (χ4n) is 9.24. The lowest BCUT2D eigenvalue weighted by atomic mass is 9.82. The quantitative estimate of drug-likeness (QED) is 0.0634. The Morgan fingerprint density at radius 3 is 2.02 bits per heavy atom. The van der Waals surface area contributed by atoms with Gasteiger partial charge in [-0.3, -0.25) is 14.4 Å². The Balaban J connectivity index is 1.31. The second-order valence-electron chi connectivity index (χ2n) is 16.9. The van der Waals surface area contributed by atoms with Crippen molar-refractivity contribution in [3.63, 3.8) is 0 Å². The summed E-state index contributed by atoms with van der Waals surface area (Å²) in [5, 5.41) is 12.9. The van der Waals surface area contributed by atoms with Crippen molar-refractivity contribution in [2.75, 3.05) is 6.73 Å². The minimum atomic E-state index is -1.27. The summed E-state index contributed by atoms with van der Waals surface area (Å²) in [6, 6.07) is 25.9. The molecule has 5 aromatic rings. The van der Waals surface area contributed by atoms with Gasteiger partial charge in [0.15, 0.2) is 0 Å². The number of H-pyrrole nitrogens is 1. The van der Waals surface area contributed by atoms with Gasteiger partial charge in [-0.05, 0) is 41.9 Å². The highest BCUT2D eigenvalue weighted by atomic mass is 16.5. The van der Waals surface area contributed by atoms with Crippen LogP contribution < -0.4 is 5.73 Å². The number of primary amides is 1. The molecular formula is C49H61N7O6. The minimum Gasteiger partial charge on any atom is -0.383 e. The SMILES string of the molecule is NC(=O)[C@H](Cc1cnc[nH]1)N(COCc1ccccc1)C(=O)[C@H](Cc1ccccc1)N(C(=O)C1CCCC1)[C@@H](CC1CCCCC1)[C@@H](O)c1nccn1COCc1ccccc1. The van der Waals surface area contributed by atoms with E-state index in [9.17, 15) is 9.90 Å². The van der Waals surface area contributed by atoms with Gasteiger partial charge in [-0.2, -0.15) is 0 Å². The average molecular weight is 844 g/mol. The molecule has 7 rings (SSSR count). The van der Waals surface area contributed by atoms with E-state index in [0.717, 1.165) is 61.6 Å². The predicted molar refractivity (Wildman–Crippen MR) is 234 cm³/mol. The molecule has 2 saturated carbocycles. The minimum absolute atomic E-state index is 0.0545. The van der Waals surface area contributed by atoms with Crippen LogP contribution in [0.2, 0.25) is 0 Å². The van der Waals surface area contributed by atoms with E-state index in [1.165, 1.54) is 11.2 Å². The number of aliphatic hydroxyl groups is 1. The lowest BCUT2D eigenvalue weighted by Crippen LogP contribution is -2.61. The molecule has 62 heavy (non-hydrogen) atoms. The van der Waals surface area contributed by atoms with Crippen LogP contribution in [0.5, 0.6) is 0 Å². The second-order valence-corrected chi connectivity index (χ2v) is 16.9. The molecule has 4 N–H and O–H groups in total. The van der Waals surface area contributed by atoms with E-state index in [4.69, 9.17) is 15.2 Å². The molecule has 0 bridgehead atoms. The summed E-state index contributed by atoms with van der Waals surface area (Å²) in [6.45, 7) is 0.389. The Morgan fingerprint density at radius 1 is 0.790 bits per heavy atom. The van der Waals surface area contributed by atoms with E-state index in [1.807, 2.05) is 91.0 Å². The zero-order chi connectivity index (χ0) is 43.1. The van der Waals surface area contributed by atoms with Crippen LogP contribution >= 0.6 is 0 Å². The fraction of sp³-hybridized carbons (Fsp3) is 0.449. The maximum atomic E-state index is 15.9. The molecule has 0 spiro atoms. The molecule has 3 aromatic carbocycles. The summed E-state index contributed by atoms with van der Waals surface area (Å²) in [4.78, 5) is 59.9. The monoisotopic (exact) mass is 843 g/mol. The van der Waals surface area contributed by atoms with Crippen molar-refractivity contribution in [1.82, 2.24) is 29.3 Å². The van der Waals surface area contributed by atoms with E-state index < -0.39 is 36.0 Å². The molecule has 2 heterocycles. The van der Waals surface area contributed by atoms with Gasteiger partial charge in [0.2, 0.25) is 17.7 Å². The molecule has 2 aliphatic rings. The molecular weight excluding hydrogens is 783 g/mol. The molecule has 0 radical (unpaired) electrons. The third-order valence-electron chi connectivity index (χ3n) is 12.5. The number of nitrogens with two attached hydrogens (primary N) is 1. The highest BCUT2D eigenvalue weighted by Crippen LogP contribution is 2.37. The number of aromatic amines is 1. The van der Waals surface area contributed by atoms with Crippen molar-refractivity contribution < 1.29 is 29.0 Å². The molecule has 0 saturated heterocycles. The van der Waals surface area contributed by atoms with Gasteiger partial charge in [0.25, 0.3) is 0 Å². The summed E-state index contributed by atoms with van der Waals surface area (Å²) in [5.41, 5.74) is 9.53. The first-order chi connectivity index (χ1) is 30.4. The highest BCUT2D eigenvalue weighted by Gasteiger charge is 2.46. The number of aromatic nitrogens is 4. The van der Waals surface area contributed by atoms with Gasteiger partial charge in [0.05, 0.1) is 25.6 Å². The van der Waals surface area contributed by atoms with Crippen molar-refractivity contribution in [3.8, 4) is 0 Å². The number of hydrogen-bond acceptors (Lipinski definition) is 8. The van der Waals surface area contributed by atoms with Crippen LogP contribution in [0.15, 0.2) is 116 Å². The second kappa shape index (κ2) is 22.5. The van der Waals surface area contributed by atoms with Gasteiger partial charge >= 0.3 is 0 Å². The van der Waals surface area contributed by atoms with Crippen LogP contribution in [0.25, 0.3) is 0 Å². The maximum absolute atomic E-state index is 15.9. The number of carbonyl (C=O) groups is 3. The summed E-state index contributed by atoms with van der Waals surface area (Å²) in [5.74, 6) is -1.17. The first kappa shape index (κ1) is 44.4. The average Bonchev–Trinajstić information content (AvgIpc) is 4.13. The van der Waals surface area contributed by atoms with Gasteiger partial charge in [-0.25, -0.2) is 9.97 Å². The number of benzene rings is 3. The van der Waals surface area contributed by atoms with E-state index in [0.29, 0.717) is 37.4 Å². The largest absolute Gasteiger partial charge is 0.383 e. The third-order valence-corrected chi connectivity index (χ3v) is 12.5. The first-order valence-electron chi connectivity index (χ1n) is 22.2. The highest BCUT2D eigenvalue weighted by molar-refractivity contribution is 5.92. The van der Waals surface area contributed by atoms with E-state index in [1.54, 1.807) is 28.1 Å². The molecule has 4 atom stereocenters. The first-order valence-corrected chi connectivity index (χ1v) is 22.2. The maximum Gasteiger partial charge on any atom is 0.248 e. The predicted octanol–water partition coefficient (Wildman–Crippen LogP) is 6.88. The fourth-order valence-corrected chi connectivity index (χ4v) is 9.24. The standard InChI is InChI=1S/C49H61N7O6/c50-46(58)43(29-41-30-51-33-53-41)55(35-62-32-39-21-11-4-12-22-39)49(60)44(28-37-17-7-2-8-18-37)56(48(59)40-23-13-14-24-40)42(27-36-15-5-1-6-16-36)45(57)47-52-25-26-54(47)34-61-31-38-19-9-3-10-20-38/h2-4,7-12,17-22,25-26,30,33,36,40,42-45,57H,1,5-6,13-16,23-24,27-29,31-32,34-35H2,(H2,50,58)(H,51,53)/t42-,43-,44-,45+/m0/s1. The van der Waals surface area contributed by atoms with Crippen molar-refractivity contribution in [2.45, 2.75) is 121 Å². The lowest BCUT2D eigenvalue weighted by molar-refractivity contribution is -0.161. The molecule has 2 fully saturated rings. The number of carbonyl (C=O) groups excluding carboxylic acids is 3. The topological polar surface area (TPSA) is 169 Å². The van der Waals surface area contributed by atoms with Gasteiger partial charge in [-0.15, -0.1) is 0 Å². The normalized spacial score (nSPS) is 16.7. The van der Waals surface area contributed by atoms with Crippen molar-refractivity contribution in [2.24, 2.45) is 17.6 Å². The number of hydrogen-bond donors (Lipinski definition) is 3. The van der Waals surface area contributed by atoms with Gasteiger partial charge in [0, 0.05) is 43.0 Å². The number of rotatable bonds is 22. The number of nitrogens with one attached hydrogen (secondary N) is 1. The van der Waals surface area contributed by atoms with Crippen LogP contribution in [-0.2, 0) is 56.6 Å². The number of amides is 3. The third kappa shape index (κ3) is 11.8. The Kier molecular flexibility index (Phi) is 16.1. The summed E-state index contributed by atoms with van der Waals surface area (Å²) in [7, 11) is 0. The van der Waals surface area contributed by atoms with Crippen molar-refractivity contribution in [1.29, 1.82) is 0 Å². The number of imidazole rings is 2. The van der Waals surface area contributed by atoms with Gasteiger partial charge in [0.1, 0.15) is 37.5 Å². The zero-order valence-electron chi connectivity index (χ0n) is 35.5. The molecule has 2 aromatic heterocycles. The van der Waals surface area contributed by atoms with E-state index in [2.05, 4.69) is 15.0 Å². The molecule has 13 heteroatoms. The van der Waals surface area contributed by atoms with Gasteiger partial charge < -0.3 is 39.7 Å². The summed E-state index contributed by atoms with van der Waals surface area (Å²) in [6.07, 6.45) is 14.2. The van der Waals surface area contributed by atoms with E-state index >= 15 is 9.59 Å². The summed E-state index contributed by atoms with van der Waals surface area (Å²) >= 11 is 0. The molecule has 328 valence electrons. The van der Waals surface area contributed by atoms with Gasteiger partial charge in [-0.1, -0.05) is 136 Å². The Morgan fingerprint density at radius 2 is 1.40 bits per heavy atom. The number of aliphatic hydroxyl groups excluding tert-OH is 1. The molecule has 2 aliphatic carbocycles.